The van der Waals surface area contributed by atoms with E-state index in [-0.39, 0.29) is 23.2 Å². The Morgan fingerprint density at radius 1 is 1.21 bits per heavy atom. The molecule has 0 bridgehead atoms. The molecule has 0 amide bonds. The first-order valence-electron chi connectivity index (χ1n) is 7.95. The maximum Gasteiger partial charge on any atom is 0.416 e. The van der Waals surface area contributed by atoms with E-state index in [0.29, 0.717) is 0 Å². The van der Waals surface area contributed by atoms with Crippen LogP contribution in [0, 0.1) is 0 Å². The lowest BCUT2D eigenvalue weighted by Gasteiger charge is -2.14. The van der Waals surface area contributed by atoms with E-state index in [0.717, 1.165) is 35.2 Å². The van der Waals surface area contributed by atoms with Crippen molar-refractivity contribution in [3.8, 4) is 17.1 Å². The van der Waals surface area contributed by atoms with Crippen LogP contribution in [0.1, 0.15) is 19.4 Å². The molecule has 0 spiro atoms. The summed E-state index contributed by atoms with van der Waals surface area (Å²) >= 11 is 0. The monoisotopic (exact) mass is 395 g/mol. The number of rotatable bonds is 6. The average Bonchev–Trinajstić information content (AvgIpc) is 3.07. The zero-order chi connectivity index (χ0) is 20.9. The molecule has 1 aromatic heterocycles. The van der Waals surface area contributed by atoms with E-state index in [1.165, 1.54) is 12.4 Å². The van der Waals surface area contributed by atoms with Crippen LogP contribution >= 0.6 is 0 Å². The Morgan fingerprint density at radius 3 is 2.54 bits per heavy atom. The zero-order valence-electron chi connectivity index (χ0n) is 14.9. The van der Waals surface area contributed by atoms with Gasteiger partial charge in [-0.05, 0) is 32.0 Å². The van der Waals surface area contributed by atoms with Gasteiger partial charge in [-0.15, -0.1) is 5.10 Å². The SMILES string of the molecule is C=CC(=O)OC(=O)C=Cn1cnc(-c2cc(OC(C)C)cc(C(F)(F)F)c2)n1. The molecule has 7 nitrogen and oxygen atoms in total. The van der Waals surface area contributed by atoms with E-state index in [1.807, 2.05) is 0 Å². The Balaban J connectivity index is 2.29. The molecule has 0 aliphatic carbocycles. The number of carbonyl (C=O) groups excluding carboxylic acids is 2. The van der Waals surface area contributed by atoms with Gasteiger partial charge in [0.15, 0.2) is 5.82 Å². The molecule has 10 heteroatoms. The Hall–Kier alpha value is -3.43. The van der Waals surface area contributed by atoms with E-state index in [1.54, 1.807) is 13.8 Å². The lowest BCUT2D eigenvalue weighted by atomic mass is 10.1. The Kier molecular flexibility index (Phi) is 6.34. The van der Waals surface area contributed by atoms with Crippen molar-refractivity contribution in [3.05, 3.63) is 48.8 Å². The van der Waals surface area contributed by atoms with Gasteiger partial charge in [0.05, 0.1) is 11.7 Å². The summed E-state index contributed by atoms with van der Waals surface area (Å²) in [6.45, 7) is 6.53. The lowest BCUT2D eigenvalue weighted by molar-refractivity contribution is -0.152. The fourth-order valence-corrected chi connectivity index (χ4v) is 2.02. The maximum absolute atomic E-state index is 13.2. The first-order chi connectivity index (χ1) is 13.1. The molecule has 2 rings (SSSR count). The second kappa shape index (κ2) is 8.51. The summed E-state index contributed by atoms with van der Waals surface area (Å²) < 4.78 is 50.2. The third kappa shape index (κ3) is 5.79. The summed E-state index contributed by atoms with van der Waals surface area (Å²) in [5.74, 6) is -1.87. The van der Waals surface area contributed by atoms with Gasteiger partial charge in [-0.2, -0.15) is 13.2 Å². The lowest BCUT2D eigenvalue weighted by Crippen LogP contribution is -2.09. The van der Waals surface area contributed by atoms with Crippen molar-refractivity contribution >= 4 is 18.1 Å². The molecule has 0 unspecified atom stereocenters. The summed E-state index contributed by atoms with van der Waals surface area (Å²) in [6.07, 6.45) is -0.863. The van der Waals surface area contributed by atoms with Crippen molar-refractivity contribution in [1.29, 1.82) is 0 Å². The average molecular weight is 395 g/mol. The van der Waals surface area contributed by atoms with Gasteiger partial charge in [-0.1, -0.05) is 6.58 Å². The molecular weight excluding hydrogens is 379 g/mol. The maximum atomic E-state index is 13.2. The Bertz CT molecular complexity index is 917. The van der Waals surface area contributed by atoms with Gasteiger partial charge < -0.3 is 9.47 Å². The molecule has 2 aromatic rings. The fraction of sp³-hybridized carbons (Fsp3) is 0.222. The Labute approximate surface area is 158 Å². The molecular formula is C18H16F3N3O4. The fourth-order valence-electron chi connectivity index (χ4n) is 2.02. The number of alkyl halides is 3. The molecule has 0 saturated heterocycles. The molecule has 0 radical (unpaired) electrons. The summed E-state index contributed by atoms with van der Waals surface area (Å²) in [7, 11) is 0. The number of hydrogen-bond acceptors (Lipinski definition) is 6. The highest BCUT2D eigenvalue weighted by molar-refractivity contribution is 5.97. The smallest absolute Gasteiger partial charge is 0.416 e. The minimum atomic E-state index is -4.57. The predicted molar refractivity (Wildman–Crippen MR) is 92.9 cm³/mol. The summed E-state index contributed by atoms with van der Waals surface area (Å²) in [5.41, 5.74) is -0.818. The molecule has 148 valence electrons. The van der Waals surface area contributed by atoms with E-state index in [4.69, 9.17) is 4.74 Å². The van der Waals surface area contributed by atoms with Crippen LogP contribution in [0.2, 0.25) is 0 Å². The first-order valence-corrected chi connectivity index (χ1v) is 7.95. The number of esters is 2. The molecule has 0 aliphatic rings. The van der Waals surface area contributed by atoms with Crippen molar-refractivity contribution in [2.45, 2.75) is 26.1 Å². The largest absolute Gasteiger partial charge is 0.491 e. The van der Waals surface area contributed by atoms with Crippen LogP contribution in [0.25, 0.3) is 17.6 Å². The predicted octanol–water partition coefficient (Wildman–Crippen LogP) is 3.48. The first kappa shape index (κ1) is 20.9. The summed E-state index contributed by atoms with van der Waals surface area (Å²) in [5, 5.41) is 3.98. The highest BCUT2D eigenvalue weighted by Gasteiger charge is 2.32. The minimum Gasteiger partial charge on any atom is -0.491 e. The van der Waals surface area contributed by atoms with Crippen molar-refractivity contribution in [2.75, 3.05) is 0 Å². The number of ether oxygens (including phenoxy) is 2. The minimum absolute atomic E-state index is 0.0140. The van der Waals surface area contributed by atoms with Crippen LogP contribution in [0.4, 0.5) is 13.2 Å². The third-order valence-corrected chi connectivity index (χ3v) is 3.10. The second-order valence-electron chi connectivity index (χ2n) is 5.72. The van der Waals surface area contributed by atoms with Crippen molar-refractivity contribution in [1.82, 2.24) is 14.8 Å². The highest BCUT2D eigenvalue weighted by atomic mass is 19.4. The van der Waals surface area contributed by atoms with Gasteiger partial charge in [-0.3, -0.25) is 0 Å². The Morgan fingerprint density at radius 2 is 1.93 bits per heavy atom. The summed E-state index contributed by atoms with van der Waals surface area (Å²) in [4.78, 5) is 26.2. The number of benzene rings is 1. The summed E-state index contributed by atoms with van der Waals surface area (Å²) in [6, 6.07) is 3.18. The van der Waals surface area contributed by atoms with Crippen molar-refractivity contribution < 1.29 is 32.2 Å². The standard InChI is InChI=1S/C18H16F3N3O4/c1-4-15(25)28-16(26)5-6-24-10-22-17(23-24)12-7-13(18(19,20)21)9-14(8-12)27-11(2)3/h4-11H,1H2,2-3H3. The normalized spacial score (nSPS) is 11.6. The molecule has 28 heavy (non-hydrogen) atoms. The second-order valence-corrected chi connectivity index (χ2v) is 5.72. The van der Waals surface area contributed by atoms with E-state index >= 15 is 0 Å². The number of nitrogens with zero attached hydrogens (tertiary/aromatic N) is 3. The van der Waals surface area contributed by atoms with Gasteiger partial charge in [0.25, 0.3) is 0 Å². The number of hydrogen-bond donors (Lipinski definition) is 0. The molecule has 0 atom stereocenters. The van der Waals surface area contributed by atoms with Crippen LogP contribution in [-0.2, 0) is 20.5 Å². The molecule has 0 aliphatic heterocycles. The van der Waals surface area contributed by atoms with Crippen LogP contribution in [-0.4, -0.2) is 32.8 Å². The highest BCUT2D eigenvalue weighted by Crippen LogP contribution is 2.35. The number of carbonyl (C=O) groups is 2. The van der Waals surface area contributed by atoms with Gasteiger partial charge in [0.2, 0.25) is 0 Å². The number of aromatic nitrogens is 3. The van der Waals surface area contributed by atoms with E-state index in [2.05, 4.69) is 21.4 Å². The molecule has 0 saturated carbocycles. The topological polar surface area (TPSA) is 83.3 Å². The van der Waals surface area contributed by atoms with Crippen LogP contribution < -0.4 is 4.74 Å². The van der Waals surface area contributed by atoms with Crippen molar-refractivity contribution in [2.24, 2.45) is 0 Å². The number of halogens is 3. The van der Waals surface area contributed by atoms with Gasteiger partial charge in [-0.25, -0.2) is 19.3 Å². The van der Waals surface area contributed by atoms with Gasteiger partial charge in [0.1, 0.15) is 12.1 Å². The van der Waals surface area contributed by atoms with Crippen LogP contribution in [0.5, 0.6) is 5.75 Å². The third-order valence-electron chi connectivity index (χ3n) is 3.10. The van der Waals surface area contributed by atoms with Gasteiger partial charge >= 0.3 is 18.1 Å². The van der Waals surface area contributed by atoms with Crippen molar-refractivity contribution in [3.63, 3.8) is 0 Å². The van der Waals surface area contributed by atoms with Crippen LogP contribution in [0.15, 0.2) is 43.3 Å². The zero-order valence-corrected chi connectivity index (χ0v) is 14.9. The van der Waals surface area contributed by atoms with E-state index in [9.17, 15) is 22.8 Å². The molecule has 1 aromatic carbocycles. The molecule has 0 N–H and O–H groups in total. The molecule has 0 fully saturated rings. The van der Waals surface area contributed by atoms with Crippen LogP contribution in [0.3, 0.4) is 0 Å². The molecule has 1 heterocycles. The quantitative estimate of drug-likeness (QED) is 0.423. The van der Waals surface area contributed by atoms with Gasteiger partial charge in [0, 0.05) is 23.9 Å². The van der Waals surface area contributed by atoms with E-state index < -0.39 is 23.7 Å².